The van der Waals surface area contributed by atoms with Gasteiger partial charge < -0.3 is 5.32 Å². The highest BCUT2D eigenvalue weighted by molar-refractivity contribution is 9.10. The van der Waals surface area contributed by atoms with E-state index in [0.717, 1.165) is 10.0 Å². The number of benzene rings is 2. The maximum Gasteiger partial charge on any atom is 0.255 e. The Hall–Kier alpha value is -0.740. The molecule has 0 fully saturated rings. The summed E-state index contributed by atoms with van der Waals surface area (Å²) < 4.78 is 0.745. The van der Waals surface area contributed by atoms with Crippen molar-refractivity contribution in [1.29, 1.82) is 0 Å². The second-order valence-electron chi connectivity index (χ2n) is 4.03. The molecule has 2 nitrogen and oxygen atoms in total. The first-order valence-electron chi connectivity index (χ1n) is 5.62. The van der Waals surface area contributed by atoms with Gasteiger partial charge in [-0.15, -0.1) is 11.6 Å². The molecular weight excluding hydrogens is 384 g/mol. The van der Waals surface area contributed by atoms with Crippen molar-refractivity contribution in [3.05, 3.63) is 62.0 Å². The summed E-state index contributed by atoms with van der Waals surface area (Å²) in [4.78, 5) is 12.2. The van der Waals surface area contributed by atoms with Gasteiger partial charge in [0.2, 0.25) is 0 Å². The van der Waals surface area contributed by atoms with Gasteiger partial charge in [-0.3, -0.25) is 4.79 Å². The van der Waals surface area contributed by atoms with Gasteiger partial charge in [0.05, 0.1) is 15.7 Å². The molecule has 2 aromatic carbocycles. The highest BCUT2D eigenvalue weighted by Gasteiger charge is 2.13. The van der Waals surface area contributed by atoms with Gasteiger partial charge in [0, 0.05) is 15.9 Å². The molecule has 0 heterocycles. The molecule has 0 aliphatic heterocycles. The van der Waals surface area contributed by atoms with Crippen LogP contribution in [0.3, 0.4) is 0 Å². The number of alkyl halides is 1. The van der Waals surface area contributed by atoms with Crippen LogP contribution in [0.4, 0.5) is 5.69 Å². The fraction of sp³-hybridized carbons (Fsp3) is 0.0714. The van der Waals surface area contributed by atoms with Crippen molar-refractivity contribution in [2.24, 2.45) is 0 Å². The molecule has 0 saturated carbocycles. The molecule has 1 N–H and O–H groups in total. The van der Waals surface area contributed by atoms with Gasteiger partial charge in [0.15, 0.2) is 0 Å². The number of hydrogen-bond acceptors (Lipinski definition) is 1. The lowest BCUT2D eigenvalue weighted by Crippen LogP contribution is -2.12. The largest absolute Gasteiger partial charge is 0.319 e. The van der Waals surface area contributed by atoms with E-state index in [1.165, 1.54) is 0 Å². The van der Waals surface area contributed by atoms with Crippen molar-refractivity contribution in [3.8, 4) is 0 Å². The van der Waals surface area contributed by atoms with Crippen molar-refractivity contribution in [3.63, 3.8) is 0 Å². The fourth-order valence-corrected chi connectivity index (χ4v) is 3.11. The second-order valence-corrected chi connectivity index (χ2v) is 6.03. The summed E-state index contributed by atoms with van der Waals surface area (Å²) in [6, 6.07) is 10.4. The molecule has 0 radical (unpaired) electrons. The van der Waals surface area contributed by atoms with E-state index >= 15 is 0 Å². The minimum absolute atomic E-state index is 0.289. The van der Waals surface area contributed by atoms with Gasteiger partial charge >= 0.3 is 0 Å². The predicted octanol–water partition coefficient (Wildman–Crippen LogP) is 5.75. The Morgan fingerprint density at radius 3 is 2.40 bits per heavy atom. The first kappa shape index (κ1) is 15.6. The molecule has 1 amide bonds. The van der Waals surface area contributed by atoms with Gasteiger partial charge in [0.1, 0.15) is 0 Å². The Balaban J connectivity index is 2.28. The zero-order valence-electron chi connectivity index (χ0n) is 10.1. The number of anilines is 1. The monoisotopic (exact) mass is 391 g/mol. The van der Waals surface area contributed by atoms with E-state index in [4.69, 9.17) is 34.8 Å². The van der Waals surface area contributed by atoms with E-state index < -0.39 is 0 Å². The Labute approximate surface area is 140 Å². The summed E-state index contributed by atoms with van der Waals surface area (Å²) in [6.45, 7) is 0. The first-order valence-corrected chi connectivity index (χ1v) is 7.70. The van der Waals surface area contributed by atoms with E-state index in [0.29, 0.717) is 27.2 Å². The first-order chi connectivity index (χ1) is 9.51. The SMILES string of the molecule is O=C(Nc1c(Cl)cc(Br)cc1Cl)c1cccc(CCl)c1. The van der Waals surface area contributed by atoms with Crippen LogP contribution >= 0.6 is 50.7 Å². The normalized spacial score (nSPS) is 10.4. The van der Waals surface area contributed by atoms with Gasteiger partial charge in [-0.1, -0.05) is 51.3 Å². The molecule has 104 valence electrons. The summed E-state index contributed by atoms with van der Waals surface area (Å²) in [6.07, 6.45) is 0. The van der Waals surface area contributed by atoms with Gasteiger partial charge in [-0.25, -0.2) is 0 Å². The van der Waals surface area contributed by atoms with Gasteiger partial charge in [-0.2, -0.15) is 0 Å². The average Bonchev–Trinajstić information content (AvgIpc) is 2.42. The zero-order valence-corrected chi connectivity index (χ0v) is 13.9. The minimum atomic E-state index is -0.289. The quantitative estimate of drug-likeness (QED) is 0.661. The molecule has 0 aromatic heterocycles. The highest BCUT2D eigenvalue weighted by atomic mass is 79.9. The second kappa shape index (κ2) is 6.81. The molecule has 0 spiro atoms. The topological polar surface area (TPSA) is 29.1 Å². The van der Waals surface area contributed by atoms with Crippen LogP contribution in [-0.4, -0.2) is 5.91 Å². The van der Waals surface area contributed by atoms with Crippen molar-refractivity contribution in [1.82, 2.24) is 0 Å². The van der Waals surface area contributed by atoms with E-state index in [1.807, 2.05) is 6.07 Å². The summed E-state index contributed by atoms with van der Waals surface area (Å²) in [5.74, 6) is 0.0593. The van der Waals surface area contributed by atoms with Gasteiger partial charge in [-0.05, 0) is 29.8 Å². The lowest BCUT2D eigenvalue weighted by atomic mass is 10.1. The maximum atomic E-state index is 12.2. The predicted molar refractivity (Wildman–Crippen MR) is 88.1 cm³/mol. The van der Waals surface area contributed by atoms with Crippen molar-refractivity contribution in [2.75, 3.05) is 5.32 Å². The number of carbonyl (C=O) groups is 1. The zero-order chi connectivity index (χ0) is 14.7. The molecule has 6 heteroatoms. The Kier molecular flexibility index (Phi) is 5.33. The molecule has 2 rings (SSSR count). The van der Waals surface area contributed by atoms with Gasteiger partial charge in [0.25, 0.3) is 5.91 Å². The van der Waals surface area contributed by atoms with Crippen LogP contribution in [0, 0.1) is 0 Å². The molecule has 20 heavy (non-hydrogen) atoms. The molecule has 0 unspecified atom stereocenters. The Morgan fingerprint density at radius 2 is 1.80 bits per heavy atom. The van der Waals surface area contributed by atoms with E-state index in [-0.39, 0.29) is 5.91 Å². The molecule has 0 aliphatic carbocycles. The number of carbonyl (C=O) groups excluding carboxylic acids is 1. The molecule has 0 aliphatic rings. The standard InChI is InChI=1S/C14H9BrCl3NO/c15-10-5-11(17)13(12(18)6-10)19-14(20)9-3-1-2-8(4-9)7-16/h1-6H,7H2,(H,19,20). The van der Waals surface area contributed by atoms with Crippen LogP contribution in [0.2, 0.25) is 10.0 Å². The maximum absolute atomic E-state index is 12.2. The third kappa shape index (κ3) is 3.67. The van der Waals surface area contributed by atoms with Crippen molar-refractivity contribution in [2.45, 2.75) is 5.88 Å². The Bertz CT molecular complexity index is 638. The lowest BCUT2D eigenvalue weighted by molar-refractivity contribution is 0.102. The fourth-order valence-electron chi connectivity index (χ4n) is 1.64. The summed E-state index contributed by atoms with van der Waals surface area (Å²) in [5, 5.41) is 3.44. The van der Waals surface area contributed by atoms with E-state index in [2.05, 4.69) is 21.2 Å². The number of halogens is 4. The third-order valence-corrected chi connectivity index (χ3v) is 3.95. The number of hydrogen-bond donors (Lipinski definition) is 1. The smallest absolute Gasteiger partial charge is 0.255 e. The number of nitrogens with one attached hydrogen (secondary N) is 1. The van der Waals surface area contributed by atoms with Crippen LogP contribution in [0.25, 0.3) is 0 Å². The molecule has 0 saturated heterocycles. The van der Waals surface area contributed by atoms with E-state index in [1.54, 1.807) is 30.3 Å². The average molecular weight is 393 g/mol. The number of rotatable bonds is 3. The molecule has 0 atom stereocenters. The van der Waals surface area contributed by atoms with Crippen LogP contribution < -0.4 is 5.32 Å². The van der Waals surface area contributed by atoms with Crippen LogP contribution in [0.5, 0.6) is 0 Å². The van der Waals surface area contributed by atoms with Crippen LogP contribution in [0.15, 0.2) is 40.9 Å². The minimum Gasteiger partial charge on any atom is -0.319 e. The summed E-state index contributed by atoms with van der Waals surface area (Å²) in [7, 11) is 0. The molecule has 0 bridgehead atoms. The highest BCUT2D eigenvalue weighted by Crippen LogP contribution is 2.34. The van der Waals surface area contributed by atoms with Crippen LogP contribution in [-0.2, 0) is 5.88 Å². The third-order valence-electron chi connectivity index (χ3n) is 2.59. The summed E-state index contributed by atoms with van der Waals surface area (Å²) >= 11 is 21.2. The van der Waals surface area contributed by atoms with Crippen molar-refractivity contribution >= 4 is 62.3 Å². The molecule has 2 aromatic rings. The van der Waals surface area contributed by atoms with Crippen LogP contribution in [0.1, 0.15) is 15.9 Å². The Morgan fingerprint density at radius 1 is 1.15 bits per heavy atom. The van der Waals surface area contributed by atoms with Crippen molar-refractivity contribution < 1.29 is 4.79 Å². The number of amides is 1. The molecular formula is C14H9BrCl3NO. The lowest BCUT2D eigenvalue weighted by Gasteiger charge is -2.10. The summed E-state index contributed by atoms with van der Waals surface area (Å²) in [5.41, 5.74) is 1.75. The van der Waals surface area contributed by atoms with E-state index in [9.17, 15) is 4.79 Å².